The monoisotopic (exact) mass is 320 g/mol. The lowest BCUT2D eigenvalue weighted by Crippen LogP contribution is -2.42. The number of aromatic carboxylic acids is 1. The van der Waals surface area contributed by atoms with Gasteiger partial charge in [-0.25, -0.2) is 4.79 Å². The van der Waals surface area contributed by atoms with Crippen LogP contribution in [0.25, 0.3) is 0 Å². The molecule has 0 aliphatic carbocycles. The van der Waals surface area contributed by atoms with Gasteiger partial charge in [-0.05, 0) is 24.5 Å². The van der Waals surface area contributed by atoms with Gasteiger partial charge in [0.05, 0.1) is 18.5 Å². The van der Waals surface area contributed by atoms with Crippen LogP contribution in [0.3, 0.4) is 0 Å². The van der Waals surface area contributed by atoms with E-state index in [9.17, 15) is 19.5 Å². The van der Waals surface area contributed by atoms with Gasteiger partial charge >= 0.3 is 5.97 Å². The van der Waals surface area contributed by atoms with Crippen LogP contribution in [-0.2, 0) is 16.0 Å². The number of nitrogens with one attached hydrogen (secondary N) is 1. The maximum Gasteiger partial charge on any atom is 0.335 e. The first-order valence-corrected chi connectivity index (χ1v) is 7.85. The van der Waals surface area contributed by atoms with E-state index in [-0.39, 0.29) is 30.3 Å². The van der Waals surface area contributed by atoms with Crippen molar-refractivity contribution in [2.75, 3.05) is 19.6 Å². The second-order valence-electron chi connectivity index (χ2n) is 5.30. The molecule has 0 bridgehead atoms. The first-order valence-electron chi connectivity index (χ1n) is 7.85. The van der Waals surface area contributed by atoms with E-state index in [4.69, 9.17) is 0 Å². The molecule has 0 saturated heterocycles. The minimum atomic E-state index is -1.06. The van der Waals surface area contributed by atoms with E-state index in [2.05, 4.69) is 5.32 Å². The fourth-order valence-corrected chi connectivity index (χ4v) is 2.21. The largest absolute Gasteiger partial charge is 0.478 e. The summed E-state index contributed by atoms with van der Waals surface area (Å²) < 4.78 is 0. The maximum atomic E-state index is 12.4. The standard InChI is InChI=1S/C17H24N2O4/c1-3-9-18-15(20)12-19(10-4-2)16(21)11-13-7-5-6-8-14(13)17(22)23/h5-8H,3-4,9-12H2,1-2H3,(H,18,20)(H,22,23). The molecule has 0 saturated carbocycles. The number of rotatable bonds is 9. The summed E-state index contributed by atoms with van der Waals surface area (Å²) in [7, 11) is 0. The van der Waals surface area contributed by atoms with Gasteiger partial charge in [0.25, 0.3) is 0 Å². The number of carbonyl (C=O) groups excluding carboxylic acids is 2. The highest BCUT2D eigenvalue weighted by Crippen LogP contribution is 2.11. The first kappa shape index (κ1) is 18.7. The third-order valence-electron chi connectivity index (χ3n) is 3.34. The molecule has 6 nitrogen and oxygen atoms in total. The Morgan fingerprint density at radius 1 is 1.13 bits per heavy atom. The van der Waals surface area contributed by atoms with Crippen LogP contribution in [-0.4, -0.2) is 47.4 Å². The number of nitrogens with zero attached hydrogens (tertiary/aromatic N) is 1. The average Bonchev–Trinajstić information content (AvgIpc) is 2.52. The van der Waals surface area contributed by atoms with Gasteiger partial charge in [-0.15, -0.1) is 0 Å². The Bertz CT molecular complexity index is 557. The number of benzene rings is 1. The lowest BCUT2D eigenvalue weighted by Gasteiger charge is -2.22. The Morgan fingerprint density at radius 2 is 1.83 bits per heavy atom. The Morgan fingerprint density at radius 3 is 2.43 bits per heavy atom. The van der Waals surface area contributed by atoms with Crippen LogP contribution in [0.1, 0.15) is 42.6 Å². The Labute approximate surface area is 136 Å². The smallest absolute Gasteiger partial charge is 0.335 e. The van der Waals surface area contributed by atoms with Gasteiger partial charge in [-0.1, -0.05) is 32.0 Å². The highest BCUT2D eigenvalue weighted by molar-refractivity contribution is 5.92. The number of carbonyl (C=O) groups is 3. The van der Waals surface area contributed by atoms with Gasteiger partial charge in [0.1, 0.15) is 0 Å². The molecule has 1 rings (SSSR count). The maximum absolute atomic E-state index is 12.4. The van der Waals surface area contributed by atoms with E-state index in [1.807, 2.05) is 13.8 Å². The van der Waals surface area contributed by atoms with Crippen molar-refractivity contribution in [3.05, 3.63) is 35.4 Å². The minimum absolute atomic E-state index is 0.00190. The van der Waals surface area contributed by atoms with Crippen molar-refractivity contribution in [3.8, 4) is 0 Å². The molecule has 0 aliphatic rings. The van der Waals surface area contributed by atoms with Crippen molar-refractivity contribution < 1.29 is 19.5 Å². The number of carboxylic acids is 1. The van der Waals surface area contributed by atoms with Crippen LogP contribution < -0.4 is 5.32 Å². The zero-order chi connectivity index (χ0) is 17.2. The van der Waals surface area contributed by atoms with Crippen molar-refractivity contribution in [2.24, 2.45) is 0 Å². The molecular weight excluding hydrogens is 296 g/mol. The van der Waals surface area contributed by atoms with Crippen LogP contribution in [0, 0.1) is 0 Å². The normalized spacial score (nSPS) is 10.2. The zero-order valence-corrected chi connectivity index (χ0v) is 13.7. The number of hydrogen-bond donors (Lipinski definition) is 2. The van der Waals surface area contributed by atoms with E-state index >= 15 is 0 Å². The molecule has 0 fully saturated rings. The molecule has 0 radical (unpaired) electrons. The molecule has 1 aromatic carbocycles. The SMILES string of the molecule is CCCNC(=O)CN(CCC)C(=O)Cc1ccccc1C(=O)O. The fourth-order valence-electron chi connectivity index (χ4n) is 2.21. The van der Waals surface area contributed by atoms with Gasteiger partial charge in [0.2, 0.25) is 11.8 Å². The minimum Gasteiger partial charge on any atom is -0.478 e. The molecular formula is C17H24N2O4. The van der Waals surface area contributed by atoms with Gasteiger partial charge in [0.15, 0.2) is 0 Å². The van der Waals surface area contributed by atoms with E-state index in [0.717, 1.165) is 12.8 Å². The molecule has 0 unspecified atom stereocenters. The molecule has 23 heavy (non-hydrogen) atoms. The van der Waals surface area contributed by atoms with E-state index in [1.54, 1.807) is 18.2 Å². The molecule has 2 N–H and O–H groups in total. The molecule has 0 spiro atoms. The highest BCUT2D eigenvalue weighted by atomic mass is 16.4. The molecule has 0 heterocycles. The second-order valence-corrected chi connectivity index (χ2v) is 5.30. The van der Waals surface area contributed by atoms with Gasteiger partial charge < -0.3 is 15.3 Å². The van der Waals surface area contributed by atoms with Crippen molar-refractivity contribution in [1.29, 1.82) is 0 Å². The van der Waals surface area contributed by atoms with Crippen molar-refractivity contribution >= 4 is 17.8 Å². The highest BCUT2D eigenvalue weighted by Gasteiger charge is 2.19. The predicted octanol–water partition coefficient (Wildman–Crippen LogP) is 1.69. The van der Waals surface area contributed by atoms with Crippen molar-refractivity contribution in [1.82, 2.24) is 10.2 Å². The van der Waals surface area contributed by atoms with E-state index < -0.39 is 5.97 Å². The summed E-state index contributed by atoms with van der Waals surface area (Å²) in [6, 6.07) is 6.43. The Hall–Kier alpha value is -2.37. The summed E-state index contributed by atoms with van der Waals surface area (Å²) >= 11 is 0. The van der Waals surface area contributed by atoms with Crippen LogP contribution in [0.5, 0.6) is 0 Å². The quantitative estimate of drug-likeness (QED) is 0.725. The number of amides is 2. The molecule has 0 aromatic heterocycles. The topological polar surface area (TPSA) is 86.7 Å². The molecule has 0 aliphatic heterocycles. The molecule has 6 heteroatoms. The third kappa shape index (κ3) is 6.10. The van der Waals surface area contributed by atoms with Crippen LogP contribution in [0.4, 0.5) is 0 Å². The Balaban J connectivity index is 2.78. The average molecular weight is 320 g/mol. The molecule has 126 valence electrons. The summed E-state index contributed by atoms with van der Waals surface area (Å²) in [5, 5.41) is 11.9. The van der Waals surface area contributed by atoms with E-state index in [0.29, 0.717) is 18.7 Å². The summed E-state index contributed by atoms with van der Waals surface area (Å²) in [6.45, 7) is 4.93. The first-order chi connectivity index (χ1) is 11.0. The van der Waals surface area contributed by atoms with Crippen LogP contribution in [0.15, 0.2) is 24.3 Å². The van der Waals surface area contributed by atoms with E-state index in [1.165, 1.54) is 11.0 Å². The fraction of sp³-hybridized carbons (Fsp3) is 0.471. The molecule has 2 amide bonds. The van der Waals surface area contributed by atoms with Gasteiger partial charge in [-0.3, -0.25) is 9.59 Å². The zero-order valence-electron chi connectivity index (χ0n) is 13.7. The summed E-state index contributed by atoms with van der Waals surface area (Å²) in [4.78, 5) is 36.9. The Kier molecular flexibility index (Phi) is 7.80. The second kappa shape index (κ2) is 9.61. The predicted molar refractivity (Wildman–Crippen MR) is 87.3 cm³/mol. The molecule has 0 atom stereocenters. The van der Waals surface area contributed by atoms with Crippen LogP contribution >= 0.6 is 0 Å². The summed E-state index contributed by atoms with van der Waals surface area (Å²) in [5.74, 6) is -1.50. The molecule has 1 aromatic rings. The van der Waals surface area contributed by atoms with Gasteiger partial charge in [0, 0.05) is 13.1 Å². The summed E-state index contributed by atoms with van der Waals surface area (Å²) in [6.07, 6.45) is 1.54. The van der Waals surface area contributed by atoms with Crippen LogP contribution in [0.2, 0.25) is 0 Å². The van der Waals surface area contributed by atoms with Crippen molar-refractivity contribution in [3.63, 3.8) is 0 Å². The van der Waals surface area contributed by atoms with Gasteiger partial charge in [-0.2, -0.15) is 0 Å². The van der Waals surface area contributed by atoms with Crippen molar-refractivity contribution in [2.45, 2.75) is 33.1 Å². The lowest BCUT2D eigenvalue weighted by molar-refractivity contribution is -0.135. The third-order valence-corrected chi connectivity index (χ3v) is 3.34. The summed E-state index contributed by atoms with van der Waals surface area (Å²) in [5.41, 5.74) is 0.577. The number of hydrogen-bond acceptors (Lipinski definition) is 3. The lowest BCUT2D eigenvalue weighted by atomic mass is 10.0. The number of carboxylic acid groups (broad SMARTS) is 1.